The molecule has 1 aliphatic rings. The van der Waals surface area contributed by atoms with Gasteiger partial charge in [-0.05, 0) is 29.9 Å². The zero-order chi connectivity index (χ0) is 7.90. The monoisotopic (exact) mass is 148 g/mol. The Bertz CT molecular complexity index is 259. The first-order valence-electron chi connectivity index (χ1n) is 3.93. The molecule has 1 saturated carbocycles. The van der Waals surface area contributed by atoms with Gasteiger partial charge in [-0.2, -0.15) is 0 Å². The van der Waals surface area contributed by atoms with Crippen LogP contribution in [0, 0.1) is 0 Å². The second-order valence-electron chi connectivity index (χ2n) is 3.53. The van der Waals surface area contributed by atoms with Gasteiger partial charge in [0.05, 0.1) is 0 Å². The van der Waals surface area contributed by atoms with E-state index in [9.17, 15) is 0 Å². The molecule has 0 amide bonds. The van der Waals surface area contributed by atoms with Crippen LogP contribution in [-0.2, 0) is 5.41 Å². The second kappa shape index (κ2) is 1.97. The lowest BCUT2D eigenvalue weighted by Crippen LogP contribution is -2.00. The van der Waals surface area contributed by atoms with E-state index >= 15 is 0 Å². The molecule has 1 fully saturated rings. The number of hydrogen-bond donors (Lipinski definition) is 1. The van der Waals surface area contributed by atoms with E-state index in [0.717, 1.165) is 0 Å². The van der Waals surface area contributed by atoms with Gasteiger partial charge in [-0.25, -0.2) is 4.98 Å². The van der Waals surface area contributed by atoms with Crippen LogP contribution in [0.5, 0.6) is 0 Å². The summed E-state index contributed by atoms with van der Waals surface area (Å²) in [5.41, 5.74) is 7.22. The molecule has 1 aromatic heterocycles. The van der Waals surface area contributed by atoms with Crippen LogP contribution in [0.2, 0.25) is 0 Å². The Morgan fingerprint density at radius 2 is 2.18 bits per heavy atom. The van der Waals surface area contributed by atoms with Crippen molar-refractivity contribution in [3.8, 4) is 0 Å². The highest BCUT2D eigenvalue weighted by Gasteiger charge is 2.38. The third-order valence-electron chi connectivity index (χ3n) is 2.48. The Morgan fingerprint density at radius 1 is 1.45 bits per heavy atom. The van der Waals surface area contributed by atoms with Crippen LogP contribution in [0.4, 0.5) is 5.82 Å². The number of nitrogen functional groups attached to an aromatic ring is 1. The highest BCUT2D eigenvalue weighted by atomic mass is 14.8. The normalized spacial score (nSPS) is 19.7. The summed E-state index contributed by atoms with van der Waals surface area (Å²) in [4.78, 5) is 4.06. The third-order valence-corrected chi connectivity index (χ3v) is 2.48. The standard InChI is InChI=1S/C9H12N2/c1-9(4-5-9)7-2-3-8(10)11-6-7/h2-3,6H,4-5H2,1H3,(H2,10,11). The van der Waals surface area contributed by atoms with E-state index in [0.29, 0.717) is 11.2 Å². The van der Waals surface area contributed by atoms with Crippen LogP contribution in [0.3, 0.4) is 0 Å². The molecule has 1 heterocycles. The quantitative estimate of drug-likeness (QED) is 0.658. The number of hydrogen-bond acceptors (Lipinski definition) is 2. The van der Waals surface area contributed by atoms with Crippen LogP contribution in [0.1, 0.15) is 25.3 Å². The summed E-state index contributed by atoms with van der Waals surface area (Å²) < 4.78 is 0. The summed E-state index contributed by atoms with van der Waals surface area (Å²) in [6.07, 6.45) is 4.47. The molecule has 2 nitrogen and oxygen atoms in total. The summed E-state index contributed by atoms with van der Waals surface area (Å²) in [5, 5.41) is 0. The van der Waals surface area contributed by atoms with Gasteiger partial charge in [0.15, 0.2) is 0 Å². The average molecular weight is 148 g/mol. The first kappa shape index (κ1) is 6.65. The molecule has 0 atom stereocenters. The van der Waals surface area contributed by atoms with E-state index in [-0.39, 0.29) is 0 Å². The van der Waals surface area contributed by atoms with Crippen molar-refractivity contribution in [2.75, 3.05) is 5.73 Å². The lowest BCUT2D eigenvalue weighted by Gasteiger charge is -2.06. The van der Waals surface area contributed by atoms with Gasteiger partial charge < -0.3 is 5.73 Å². The van der Waals surface area contributed by atoms with E-state index in [1.165, 1.54) is 18.4 Å². The van der Waals surface area contributed by atoms with E-state index in [2.05, 4.69) is 18.0 Å². The second-order valence-corrected chi connectivity index (χ2v) is 3.53. The Morgan fingerprint density at radius 3 is 2.64 bits per heavy atom. The lowest BCUT2D eigenvalue weighted by molar-refractivity contribution is 0.782. The molecular formula is C9H12N2. The first-order valence-corrected chi connectivity index (χ1v) is 3.93. The van der Waals surface area contributed by atoms with Gasteiger partial charge in [0.2, 0.25) is 0 Å². The fraction of sp³-hybridized carbons (Fsp3) is 0.444. The first-order chi connectivity index (χ1) is 5.21. The Kier molecular flexibility index (Phi) is 1.19. The SMILES string of the molecule is CC1(c2ccc(N)nc2)CC1. The van der Waals surface area contributed by atoms with E-state index in [1.807, 2.05) is 12.3 Å². The van der Waals surface area contributed by atoms with Gasteiger partial charge in [-0.15, -0.1) is 0 Å². The number of nitrogens with two attached hydrogens (primary N) is 1. The highest BCUT2D eigenvalue weighted by Crippen LogP contribution is 2.47. The predicted octanol–water partition coefficient (Wildman–Crippen LogP) is 1.72. The maximum Gasteiger partial charge on any atom is 0.123 e. The molecule has 2 rings (SSSR count). The molecule has 1 aliphatic carbocycles. The topological polar surface area (TPSA) is 38.9 Å². The summed E-state index contributed by atoms with van der Waals surface area (Å²) in [6, 6.07) is 3.95. The van der Waals surface area contributed by atoms with Gasteiger partial charge in [-0.1, -0.05) is 13.0 Å². The fourth-order valence-electron chi connectivity index (χ4n) is 1.24. The van der Waals surface area contributed by atoms with Gasteiger partial charge in [0.25, 0.3) is 0 Å². The molecule has 0 bridgehead atoms. The molecule has 1 aromatic rings. The number of rotatable bonds is 1. The Hall–Kier alpha value is -1.05. The van der Waals surface area contributed by atoms with Crippen LogP contribution in [0.25, 0.3) is 0 Å². The van der Waals surface area contributed by atoms with E-state index in [4.69, 9.17) is 5.73 Å². The average Bonchev–Trinajstić information content (AvgIpc) is 2.70. The minimum atomic E-state index is 0.417. The largest absolute Gasteiger partial charge is 0.384 e. The lowest BCUT2D eigenvalue weighted by atomic mass is 10.0. The predicted molar refractivity (Wildman–Crippen MR) is 45.2 cm³/mol. The molecule has 0 saturated heterocycles. The van der Waals surface area contributed by atoms with Crippen LogP contribution >= 0.6 is 0 Å². The Labute approximate surface area is 66.4 Å². The van der Waals surface area contributed by atoms with Crippen molar-refractivity contribution in [1.82, 2.24) is 4.98 Å². The van der Waals surface area contributed by atoms with Crippen molar-refractivity contribution in [3.63, 3.8) is 0 Å². The van der Waals surface area contributed by atoms with Crippen LogP contribution < -0.4 is 5.73 Å². The smallest absolute Gasteiger partial charge is 0.123 e. The zero-order valence-electron chi connectivity index (χ0n) is 6.67. The highest BCUT2D eigenvalue weighted by molar-refractivity contribution is 5.35. The maximum atomic E-state index is 5.48. The Balaban J connectivity index is 2.33. The molecule has 0 unspecified atom stereocenters. The summed E-state index contributed by atoms with van der Waals surface area (Å²) in [5.74, 6) is 0.609. The van der Waals surface area contributed by atoms with Crippen molar-refractivity contribution in [1.29, 1.82) is 0 Å². The van der Waals surface area contributed by atoms with Crippen molar-refractivity contribution >= 4 is 5.82 Å². The van der Waals surface area contributed by atoms with Gasteiger partial charge in [0.1, 0.15) is 5.82 Å². The van der Waals surface area contributed by atoms with E-state index in [1.54, 1.807) is 0 Å². The van der Waals surface area contributed by atoms with E-state index < -0.39 is 0 Å². The maximum absolute atomic E-state index is 5.48. The van der Waals surface area contributed by atoms with Crippen molar-refractivity contribution in [3.05, 3.63) is 23.9 Å². The van der Waals surface area contributed by atoms with Crippen LogP contribution in [-0.4, -0.2) is 4.98 Å². The number of aromatic nitrogens is 1. The van der Waals surface area contributed by atoms with Crippen molar-refractivity contribution < 1.29 is 0 Å². The number of anilines is 1. The molecule has 11 heavy (non-hydrogen) atoms. The molecular weight excluding hydrogens is 136 g/mol. The van der Waals surface area contributed by atoms with Crippen LogP contribution in [0.15, 0.2) is 18.3 Å². The van der Waals surface area contributed by atoms with Gasteiger partial charge in [-0.3, -0.25) is 0 Å². The molecule has 0 spiro atoms. The van der Waals surface area contributed by atoms with Gasteiger partial charge in [0, 0.05) is 6.20 Å². The summed E-state index contributed by atoms with van der Waals surface area (Å²) in [6.45, 7) is 2.26. The molecule has 0 aromatic carbocycles. The number of nitrogens with zero attached hydrogens (tertiary/aromatic N) is 1. The molecule has 0 aliphatic heterocycles. The number of pyridine rings is 1. The third kappa shape index (κ3) is 1.09. The molecule has 0 radical (unpaired) electrons. The molecule has 2 N–H and O–H groups in total. The summed E-state index contributed by atoms with van der Waals surface area (Å²) >= 11 is 0. The van der Waals surface area contributed by atoms with Crippen molar-refractivity contribution in [2.24, 2.45) is 0 Å². The summed E-state index contributed by atoms with van der Waals surface area (Å²) in [7, 11) is 0. The fourth-order valence-corrected chi connectivity index (χ4v) is 1.24. The minimum Gasteiger partial charge on any atom is -0.384 e. The zero-order valence-corrected chi connectivity index (χ0v) is 6.67. The molecule has 58 valence electrons. The molecule has 2 heteroatoms. The van der Waals surface area contributed by atoms with Crippen molar-refractivity contribution in [2.45, 2.75) is 25.2 Å². The van der Waals surface area contributed by atoms with Gasteiger partial charge >= 0.3 is 0 Å². The minimum absolute atomic E-state index is 0.417.